The Bertz CT molecular complexity index is 608. The lowest BCUT2D eigenvalue weighted by molar-refractivity contribution is -0.137. The molecule has 0 aliphatic rings. The number of nitrogens with one attached hydrogen (secondary N) is 1. The van der Waals surface area contributed by atoms with Crippen LogP contribution < -0.4 is 4.72 Å². The number of hydrogen-bond acceptors (Lipinski definition) is 6. The van der Waals surface area contributed by atoms with Crippen molar-refractivity contribution in [2.75, 3.05) is 33.9 Å². The molecule has 10 heteroatoms. The van der Waals surface area contributed by atoms with Crippen molar-refractivity contribution in [3.8, 4) is 0 Å². The molecule has 2 N–H and O–H groups in total. The molecule has 0 aromatic carbocycles. The van der Waals surface area contributed by atoms with Gasteiger partial charge in [-0.25, -0.2) is 13.1 Å². The number of rotatable bonds is 8. The summed E-state index contributed by atoms with van der Waals surface area (Å²) in [6.45, 7) is -0.366. The molecule has 1 rings (SSSR count). The number of sulfonamides is 1. The van der Waals surface area contributed by atoms with Crippen LogP contribution in [-0.4, -0.2) is 64.2 Å². The summed E-state index contributed by atoms with van der Waals surface area (Å²) in [5.41, 5.74) is 0. The number of methoxy groups -OCH3 is 1. The third-order valence-corrected chi connectivity index (χ3v) is 3.79. The average molecular weight is 320 g/mol. The van der Waals surface area contributed by atoms with E-state index in [0.717, 1.165) is 11.0 Å². The molecule has 21 heavy (non-hydrogen) atoms. The van der Waals surface area contributed by atoms with Crippen molar-refractivity contribution in [2.45, 2.75) is 5.09 Å². The van der Waals surface area contributed by atoms with Crippen molar-refractivity contribution in [3.05, 3.63) is 17.9 Å². The van der Waals surface area contributed by atoms with Gasteiger partial charge in [0.25, 0.3) is 15.9 Å². The minimum absolute atomic E-state index is 0.0381. The fourth-order valence-electron chi connectivity index (χ4n) is 1.45. The van der Waals surface area contributed by atoms with Crippen molar-refractivity contribution in [1.29, 1.82) is 0 Å². The maximum Gasteiger partial charge on any atom is 0.323 e. The first-order valence-electron chi connectivity index (χ1n) is 5.85. The van der Waals surface area contributed by atoms with Gasteiger partial charge in [0.2, 0.25) is 5.09 Å². The predicted molar refractivity (Wildman–Crippen MR) is 70.4 cm³/mol. The van der Waals surface area contributed by atoms with Gasteiger partial charge in [-0.05, 0) is 19.2 Å². The summed E-state index contributed by atoms with van der Waals surface area (Å²) in [5, 5.41) is 8.36. The van der Waals surface area contributed by atoms with Crippen molar-refractivity contribution in [1.82, 2.24) is 9.62 Å². The minimum Gasteiger partial charge on any atom is -0.480 e. The smallest absolute Gasteiger partial charge is 0.323 e. The van der Waals surface area contributed by atoms with Crippen LogP contribution in [0.5, 0.6) is 0 Å². The molecule has 0 saturated heterocycles. The highest BCUT2D eigenvalue weighted by atomic mass is 32.2. The van der Waals surface area contributed by atoms with E-state index in [1.807, 2.05) is 4.72 Å². The number of nitrogens with zero attached hydrogens (tertiary/aromatic N) is 1. The number of amides is 1. The molecule has 0 atom stereocenters. The molecule has 1 aromatic rings. The molecule has 0 bridgehead atoms. The molecule has 1 heterocycles. The topological polar surface area (TPSA) is 126 Å². The predicted octanol–water partition coefficient (Wildman–Crippen LogP) is -0.639. The summed E-state index contributed by atoms with van der Waals surface area (Å²) in [6, 6.07) is 2.29. The zero-order chi connectivity index (χ0) is 16.0. The van der Waals surface area contributed by atoms with Gasteiger partial charge in [-0.15, -0.1) is 0 Å². The van der Waals surface area contributed by atoms with Gasteiger partial charge in [0.1, 0.15) is 6.54 Å². The first-order valence-corrected chi connectivity index (χ1v) is 7.33. The second-order valence-corrected chi connectivity index (χ2v) is 5.76. The van der Waals surface area contributed by atoms with Gasteiger partial charge in [0.05, 0.1) is 6.61 Å². The van der Waals surface area contributed by atoms with Crippen molar-refractivity contribution < 1.29 is 32.3 Å². The Balaban J connectivity index is 2.96. The highest BCUT2D eigenvalue weighted by Gasteiger charge is 2.24. The van der Waals surface area contributed by atoms with Crippen LogP contribution in [-0.2, 0) is 19.6 Å². The lowest BCUT2D eigenvalue weighted by Crippen LogP contribution is -2.37. The number of hydrogen-bond donors (Lipinski definition) is 2. The number of carbonyl (C=O) groups excluding carboxylic acids is 1. The molecule has 0 aliphatic carbocycles. The van der Waals surface area contributed by atoms with Crippen LogP contribution in [0.1, 0.15) is 10.6 Å². The third-order valence-electron chi connectivity index (χ3n) is 2.50. The summed E-state index contributed by atoms with van der Waals surface area (Å²) in [5.74, 6) is -2.19. The highest BCUT2D eigenvalue weighted by molar-refractivity contribution is 7.89. The van der Waals surface area contributed by atoms with Crippen LogP contribution >= 0.6 is 0 Å². The maximum absolute atomic E-state index is 12.1. The Labute approximate surface area is 121 Å². The quantitative estimate of drug-likeness (QED) is 0.652. The Kier molecular flexibility index (Phi) is 5.88. The van der Waals surface area contributed by atoms with E-state index >= 15 is 0 Å². The van der Waals surface area contributed by atoms with E-state index < -0.39 is 33.5 Å². The molecule has 118 valence electrons. The number of carboxylic acid groups (broad SMARTS) is 1. The summed E-state index contributed by atoms with van der Waals surface area (Å²) in [7, 11) is -1.19. The van der Waals surface area contributed by atoms with Gasteiger partial charge in [-0.3, -0.25) is 9.59 Å². The second-order valence-electron chi connectivity index (χ2n) is 3.94. The molecule has 0 radical (unpaired) electrons. The van der Waals surface area contributed by atoms with E-state index in [2.05, 4.69) is 0 Å². The molecule has 0 spiro atoms. The molecule has 0 aliphatic heterocycles. The van der Waals surface area contributed by atoms with Gasteiger partial charge >= 0.3 is 5.97 Å². The fourth-order valence-corrected chi connectivity index (χ4v) is 2.10. The number of carboxylic acids is 1. The summed E-state index contributed by atoms with van der Waals surface area (Å²) >= 11 is 0. The largest absolute Gasteiger partial charge is 0.480 e. The second kappa shape index (κ2) is 7.20. The lowest BCUT2D eigenvalue weighted by atomic mass is 10.3. The van der Waals surface area contributed by atoms with Crippen LogP contribution in [0.3, 0.4) is 0 Å². The molecule has 0 saturated carbocycles. The molecule has 1 aromatic heterocycles. The summed E-state index contributed by atoms with van der Waals surface area (Å²) < 4.78 is 34.8. The maximum atomic E-state index is 12.1. The summed E-state index contributed by atoms with van der Waals surface area (Å²) in [4.78, 5) is 23.8. The fraction of sp³-hybridized carbons (Fsp3) is 0.455. The van der Waals surface area contributed by atoms with E-state index in [4.69, 9.17) is 14.3 Å². The zero-order valence-electron chi connectivity index (χ0n) is 11.5. The first-order chi connectivity index (χ1) is 9.81. The standard InChI is InChI=1S/C11H16N2O7S/c1-12-21(17,18)10-4-3-8(20-10)11(16)13(5-6-19-2)7-9(14)15/h3-4,12H,5-7H2,1-2H3,(H,14,15). The molecular weight excluding hydrogens is 304 g/mol. The van der Waals surface area contributed by atoms with Gasteiger partial charge in [0, 0.05) is 13.7 Å². The van der Waals surface area contributed by atoms with Crippen molar-refractivity contribution in [3.63, 3.8) is 0 Å². The first kappa shape index (κ1) is 17.1. The Morgan fingerprint density at radius 2 is 2.10 bits per heavy atom. The minimum atomic E-state index is -3.80. The van der Waals surface area contributed by atoms with Crippen LogP contribution in [0, 0.1) is 0 Å². The number of furan rings is 1. The monoisotopic (exact) mass is 320 g/mol. The Morgan fingerprint density at radius 1 is 1.43 bits per heavy atom. The summed E-state index contributed by atoms with van der Waals surface area (Å²) in [6.07, 6.45) is 0. The average Bonchev–Trinajstić information content (AvgIpc) is 2.92. The lowest BCUT2D eigenvalue weighted by Gasteiger charge is -2.18. The SMILES string of the molecule is CNS(=O)(=O)c1ccc(C(=O)N(CCOC)CC(=O)O)o1. The Morgan fingerprint density at radius 3 is 2.62 bits per heavy atom. The van der Waals surface area contributed by atoms with Crippen LogP contribution in [0.4, 0.5) is 0 Å². The third kappa shape index (κ3) is 4.55. The molecule has 9 nitrogen and oxygen atoms in total. The van der Waals surface area contributed by atoms with E-state index in [-0.39, 0.29) is 18.9 Å². The van der Waals surface area contributed by atoms with Crippen LogP contribution in [0.2, 0.25) is 0 Å². The number of ether oxygens (including phenoxy) is 1. The molecule has 1 amide bonds. The van der Waals surface area contributed by atoms with E-state index in [1.54, 1.807) is 0 Å². The van der Waals surface area contributed by atoms with Crippen molar-refractivity contribution in [2.24, 2.45) is 0 Å². The number of carbonyl (C=O) groups is 2. The van der Waals surface area contributed by atoms with Gasteiger partial charge in [-0.2, -0.15) is 0 Å². The highest BCUT2D eigenvalue weighted by Crippen LogP contribution is 2.15. The molecule has 0 unspecified atom stereocenters. The number of aliphatic carboxylic acids is 1. The normalized spacial score (nSPS) is 11.3. The van der Waals surface area contributed by atoms with E-state index in [0.29, 0.717) is 0 Å². The van der Waals surface area contributed by atoms with Gasteiger partial charge < -0.3 is 19.2 Å². The van der Waals surface area contributed by atoms with Gasteiger partial charge in [-0.1, -0.05) is 0 Å². The van der Waals surface area contributed by atoms with Crippen LogP contribution in [0.15, 0.2) is 21.6 Å². The van der Waals surface area contributed by atoms with E-state index in [9.17, 15) is 18.0 Å². The van der Waals surface area contributed by atoms with Crippen molar-refractivity contribution >= 4 is 21.9 Å². The Hall–Kier alpha value is -1.91. The molecule has 0 fully saturated rings. The molecular formula is C11H16N2O7S. The van der Waals surface area contributed by atoms with E-state index in [1.165, 1.54) is 20.2 Å². The zero-order valence-corrected chi connectivity index (χ0v) is 12.3. The van der Waals surface area contributed by atoms with Crippen LogP contribution in [0.25, 0.3) is 0 Å². The van der Waals surface area contributed by atoms with Gasteiger partial charge in [0.15, 0.2) is 5.76 Å².